The van der Waals surface area contributed by atoms with Gasteiger partial charge in [-0.05, 0) is 64.8 Å². The van der Waals surface area contributed by atoms with Gasteiger partial charge in [-0.1, -0.05) is 42.3 Å². The van der Waals surface area contributed by atoms with E-state index >= 15 is 0 Å². The van der Waals surface area contributed by atoms with E-state index in [1.165, 1.54) is 5.57 Å². The minimum Gasteiger partial charge on any atom is -0.355 e. The highest BCUT2D eigenvalue weighted by Gasteiger charge is 2.28. The Hall–Kier alpha value is -2.40. The molecular formula is C24H35N3O2. The fourth-order valence-corrected chi connectivity index (χ4v) is 4.04. The number of amides is 2. The van der Waals surface area contributed by atoms with E-state index in [0.29, 0.717) is 12.5 Å². The molecule has 0 spiro atoms. The molecule has 1 aliphatic rings. The summed E-state index contributed by atoms with van der Waals surface area (Å²) in [6.07, 6.45) is 4.96. The van der Waals surface area contributed by atoms with E-state index < -0.39 is 0 Å². The predicted molar refractivity (Wildman–Crippen MR) is 119 cm³/mol. The number of aryl methyl sites for hydroxylation is 2. The molecule has 29 heavy (non-hydrogen) atoms. The summed E-state index contributed by atoms with van der Waals surface area (Å²) in [6.45, 7) is 8.84. The molecule has 3 atom stereocenters. The van der Waals surface area contributed by atoms with Crippen molar-refractivity contribution in [3.8, 4) is 0 Å². The lowest BCUT2D eigenvalue weighted by molar-refractivity contribution is -0.116. The lowest BCUT2D eigenvalue weighted by Crippen LogP contribution is -2.42. The zero-order chi connectivity index (χ0) is 21.7. The van der Waals surface area contributed by atoms with Crippen LogP contribution in [0.4, 0.5) is 0 Å². The van der Waals surface area contributed by atoms with Crippen molar-refractivity contribution in [1.29, 1.82) is 0 Å². The number of carbonyl (C=O) groups excluding carboxylic acids is 2. The lowest BCUT2D eigenvalue weighted by atomic mass is 9.77. The Morgan fingerprint density at radius 3 is 2.38 bits per heavy atom. The number of allylic oxidation sites excluding steroid dienone is 2. The summed E-state index contributed by atoms with van der Waals surface area (Å²) in [5.41, 5.74) is 4.83. The van der Waals surface area contributed by atoms with Crippen molar-refractivity contribution in [3.05, 3.63) is 58.2 Å². The Bertz CT molecular complexity index is 823. The van der Waals surface area contributed by atoms with Crippen molar-refractivity contribution >= 4 is 11.8 Å². The molecule has 1 aliphatic carbocycles. The number of carbonyl (C=O) groups is 2. The predicted octanol–water partition coefficient (Wildman–Crippen LogP) is 3.24. The summed E-state index contributed by atoms with van der Waals surface area (Å²) < 4.78 is 0. The van der Waals surface area contributed by atoms with Crippen molar-refractivity contribution < 1.29 is 9.59 Å². The molecule has 0 fully saturated rings. The Kier molecular flexibility index (Phi) is 7.80. The van der Waals surface area contributed by atoms with Gasteiger partial charge in [-0.2, -0.15) is 0 Å². The minimum absolute atomic E-state index is 0.0277. The molecule has 0 saturated heterocycles. The molecule has 0 aliphatic heterocycles. The molecule has 2 amide bonds. The SMILES string of the molecule is CNC(=O)C1=CC(C)C(C[C@@H](CNC(=O)c2ccc(C)cc2C)N(C)C)C(C)=C1. The molecule has 158 valence electrons. The van der Waals surface area contributed by atoms with Crippen LogP contribution in [0.15, 0.2) is 41.5 Å². The van der Waals surface area contributed by atoms with Gasteiger partial charge in [0, 0.05) is 30.8 Å². The second-order valence-electron chi connectivity index (χ2n) is 8.44. The van der Waals surface area contributed by atoms with Gasteiger partial charge in [0.1, 0.15) is 0 Å². The van der Waals surface area contributed by atoms with Gasteiger partial charge in [0.25, 0.3) is 11.8 Å². The molecule has 2 unspecified atom stereocenters. The number of benzene rings is 1. The average molecular weight is 398 g/mol. The van der Waals surface area contributed by atoms with Crippen LogP contribution in [0.2, 0.25) is 0 Å². The molecule has 0 radical (unpaired) electrons. The summed E-state index contributed by atoms with van der Waals surface area (Å²) in [4.78, 5) is 26.8. The van der Waals surface area contributed by atoms with Crippen LogP contribution in [-0.4, -0.2) is 50.4 Å². The third-order valence-corrected chi connectivity index (χ3v) is 5.92. The van der Waals surface area contributed by atoms with E-state index in [4.69, 9.17) is 0 Å². The maximum atomic E-state index is 12.7. The van der Waals surface area contributed by atoms with E-state index in [0.717, 1.165) is 28.7 Å². The van der Waals surface area contributed by atoms with Crippen LogP contribution in [0.25, 0.3) is 0 Å². The van der Waals surface area contributed by atoms with E-state index in [2.05, 4.69) is 35.5 Å². The standard InChI is InChI=1S/C24H35N3O2/c1-15-8-9-21(16(2)10-15)24(29)26-14-20(27(6)7)13-22-17(3)11-19(12-18(22)4)23(28)25-5/h8-12,17,20,22H,13-14H2,1-7H3,(H,25,28)(H,26,29)/t17?,20-,22?/m0/s1. The Morgan fingerprint density at radius 1 is 1.14 bits per heavy atom. The number of nitrogens with one attached hydrogen (secondary N) is 2. The summed E-state index contributed by atoms with van der Waals surface area (Å²) in [5, 5.41) is 5.81. The number of rotatable bonds is 7. The lowest BCUT2D eigenvalue weighted by Gasteiger charge is -2.33. The molecule has 0 bridgehead atoms. The molecular weight excluding hydrogens is 362 g/mol. The van der Waals surface area contributed by atoms with Crippen LogP contribution in [0.1, 0.15) is 41.8 Å². The zero-order valence-electron chi connectivity index (χ0n) is 18.8. The van der Waals surface area contributed by atoms with Crippen LogP contribution in [0.5, 0.6) is 0 Å². The van der Waals surface area contributed by atoms with Crippen LogP contribution in [0.3, 0.4) is 0 Å². The van der Waals surface area contributed by atoms with Gasteiger partial charge in [-0.15, -0.1) is 0 Å². The summed E-state index contributed by atoms with van der Waals surface area (Å²) in [5.74, 6) is 0.540. The fraction of sp³-hybridized carbons (Fsp3) is 0.500. The van der Waals surface area contributed by atoms with Crippen LogP contribution in [0, 0.1) is 25.7 Å². The van der Waals surface area contributed by atoms with E-state index in [1.54, 1.807) is 7.05 Å². The van der Waals surface area contributed by atoms with Gasteiger partial charge >= 0.3 is 0 Å². The first-order valence-corrected chi connectivity index (χ1v) is 10.3. The summed E-state index contributed by atoms with van der Waals surface area (Å²) >= 11 is 0. The van der Waals surface area contributed by atoms with Gasteiger partial charge in [-0.3, -0.25) is 9.59 Å². The van der Waals surface area contributed by atoms with E-state index in [-0.39, 0.29) is 23.8 Å². The molecule has 0 heterocycles. The second-order valence-corrected chi connectivity index (χ2v) is 8.44. The maximum absolute atomic E-state index is 12.7. The number of nitrogens with zero attached hydrogens (tertiary/aromatic N) is 1. The van der Waals surface area contributed by atoms with Crippen molar-refractivity contribution in [1.82, 2.24) is 15.5 Å². The Morgan fingerprint density at radius 2 is 1.83 bits per heavy atom. The van der Waals surface area contributed by atoms with Crippen LogP contribution < -0.4 is 10.6 Å². The van der Waals surface area contributed by atoms with E-state index in [9.17, 15) is 9.59 Å². The third kappa shape index (κ3) is 5.80. The Balaban J connectivity index is 2.05. The largest absolute Gasteiger partial charge is 0.355 e. The van der Waals surface area contributed by atoms with E-state index in [1.807, 2.05) is 52.2 Å². The molecule has 0 aromatic heterocycles. The van der Waals surface area contributed by atoms with Gasteiger partial charge < -0.3 is 15.5 Å². The topological polar surface area (TPSA) is 61.4 Å². The van der Waals surface area contributed by atoms with Gasteiger partial charge in [0.05, 0.1) is 0 Å². The fourth-order valence-electron chi connectivity index (χ4n) is 4.04. The van der Waals surface area contributed by atoms with Crippen molar-refractivity contribution in [2.75, 3.05) is 27.7 Å². The first kappa shape index (κ1) is 22.9. The quantitative estimate of drug-likeness (QED) is 0.743. The van der Waals surface area contributed by atoms with Gasteiger partial charge in [-0.25, -0.2) is 0 Å². The van der Waals surface area contributed by atoms with Crippen molar-refractivity contribution in [2.24, 2.45) is 11.8 Å². The zero-order valence-corrected chi connectivity index (χ0v) is 18.8. The highest BCUT2D eigenvalue weighted by atomic mass is 16.2. The first-order chi connectivity index (χ1) is 13.6. The van der Waals surface area contributed by atoms with Crippen molar-refractivity contribution in [3.63, 3.8) is 0 Å². The first-order valence-electron chi connectivity index (χ1n) is 10.3. The van der Waals surface area contributed by atoms with Crippen LogP contribution in [-0.2, 0) is 4.79 Å². The molecule has 5 nitrogen and oxygen atoms in total. The molecule has 5 heteroatoms. The van der Waals surface area contributed by atoms with Gasteiger partial charge in [0.2, 0.25) is 0 Å². The molecule has 1 aromatic carbocycles. The summed E-state index contributed by atoms with van der Waals surface area (Å²) in [7, 11) is 5.75. The maximum Gasteiger partial charge on any atom is 0.251 e. The Labute approximate surface area is 175 Å². The molecule has 2 rings (SSSR count). The normalized spacial score (nSPS) is 20.0. The molecule has 2 N–H and O–H groups in total. The molecule has 1 aromatic rings. The highest BCUT2D eigenvalue weighted by molar-refractivity contribution is 5.96. The number of hydrogen-bond acceptors (Lipinski definition) is 3. The second kappa shape index (κ2) is 9.88. The smallest absolute Gasteiger partial charge is 0.251 e. The van der Waals surface area contributed by atoms with Crippen LogP contribution >= 0.6 is 0 Å². The summed E-state index contributed by atoms with van der Waals surface area (Å²) in [6, 6.07) is 6.10. The van der Waals surface area contributed by atoms with Gasteiger partial charge in [0.15, 0.2) is 0 Å². The minimum atomic E-state index is -0.0421. The third-order valence-electron chi connectivity index (χ3n) is 5.92. The molecule has 0 saturated carbocycles. The average Bonchev–Trinajstić information content (AvgIpc) is 2.65. The monoisotopic (exact) mass is 397 g/mol. The number of hydrogen-bond donors (Lipinski definition) is 2. The highest BCUT2D eigenvalue weighted by Crippen LogP contribution is 2.33. The number of likely N-dealkylation sites (N-methyl/N-ethyl adjacent to an activating group) is 2. The van der Waals surface area contributed by atoms with Crippen molar-refractivity contribution in [2.45, 2.75) is 40.2 Å².